The van der Waals surface area contributed by atoms with Crippen molar-refractivity contribution in [1.82, 2.24) is 19.5 Å². The van der Waals surface area contributed by atoms with Gasteiger partial charge in [0.2, 0.25) is 5.95 Å². The van der Waals surface area contributed by atoms with Crippen molar-refractivity contribution in [2.24, 2.45) is 0 Å². The Kier molecular flexibility index (Phi) is 6.20. The summed E-state index contributed by atoms with van der Waals surface area (Å²) in [5.74, 6) is 1.15. The Hall–Kier alpha value is -2.58. The van der Waals surface area contributed by atoms with Gasteiger partial charge in [0.25, 0.3) is 0 Å². The Morgan fingerprint density at radius 3 is 2.68 bits per heavy atom. The van der Waals surface area contributed by atoms with Crippen LogP contribution in [0.25, 0.3) is 11.2 Å². The van der Waals surface area contributed by atoms with Crippen LogP contribution in [-0.2, 0) is 6.54 Å². The predicted octanol–water partition coefficient (Wildman–Crippen LogP) is 4.49. The van der Waals surface area contributed by atoms with Crippen molar-refractivity contribution in [3.05, 3.63) is 35.1 Å². The van der Waals surface area contributed by atoms with E-state index in [0.717, 1.165) is 18.5 Å². The summed E-state index contributed by atoms with van der Waals surface area (Å²) in [6.07, 6.45) is 7.75. The SMILES string of the molecule is CC(C)(O)CNc1nc(NCc2cc(Cl)ccc2O)c2ncn(C3CCCCC3)c2n1. The highest BCUT2D eigenvalue weighted by molar-refractivity contribution is 6.30. The zero-order chi connectivity index (χ0) is 22.0. The van der Waals surface area contributed by atoms with Gasteiger partial charge in [-0.1, -0.05) is 30.9 Å². The number of aromatic hydroxyl groups is 1. The lowest BCUT2D eigenvalue weighted by Gasteiger charge is -2.23. The number of halogens is 1. The third kappa shape index (κ3) is 5.19. The van der Waals surface area contributed by atoms with E-state index in [-0.39, 0.29) is 5.75 Å². The molecule has 31 heavy (non-hydrogen) atoms. The Morgan fingerprint density at radius 1 is 1.16 bits per heavy atom. The van der Waals surface area contributed by atoms with Crippen LogP contribution in [0.1, 0.15) is 57.6 Å². The first-order valence-electron chi connectivity index (χ1n) is 10.7. The molecule has 1 aliphatic rings. The molecule has 0 unspecified atom stereocenters. The summed E-state index contributed by atoms with van der Waals surface area (Å²) in [6.45, 7) is 4.10. The molecule has 9 heteroatoms. The normalized spacial score (nSPS) is 15.4. The minimum absolute atomic E-state index is 0.162. The average molecular weight is 445 g/mol. The van der Waals surface area contributed by atoms with E-state index in [1.54, 1.807) is 32.0 Å². The molecule has 0 saturated heterocycles. The second-order valence-corrected chi connectivity index (χ2v) is 9.24. The zero-order valence-corrected chi connectivity index (χ0v) is 18.7. The Morgan fingerprint density at radius 2 is 1.94 bits per heavy atom. The lowest BCUT2D eigenvalue weighted by molar-refractivity contribution is 0.0943. The molecule has 4 rings (SSSR count). The largest absolute Gasteiger partial charge is 0.508 e. The van der Waals surface area contributed by atoms with Crippen LogP contribution in [-0.4, -0.2) is 41.9 Å². The summed E-state index contributed by atoms with van der Waals surface area (Å²) in [6, 6.07) is 5.31. The molecule has 0 aliphatic heterocycles. The third-order valence-electron chi connectivity index (χ3n) is 5.56. The number of phenolic OH excluding ortho intramolecular Hbond substituents is 1. The van der Waals surface area contributed by atoms with E-state index in [2.05, 4.69) is 25.2 Å². The van der Waals surface area contributed by atoms with Crippen LogP contribution in [0.4, 0.5) is 11.8 Å². The molecular weight excluding hydrogens is 416 g/mol. The van der Waals surface area contributed by atoms with Crippen LogP contribution in [0, 0.1) is 0 Å². The number of hydrogen-bond acceptors (Lipinski definition) is 7. The molecule has 0 radical (unpaired) electrons. The molecule has 4 N–H and O–H groups in total. The highest BCUT2D eigenvalue weighted by Crippen LogP contribution is 2.32. The molecule has 0 atom stereocenters. The van der Waals surface area contributed by atoms with Crippen molar-refractivity contribution in [2.45, 2.75) is 64.1 Å². The number of aromatic nitrogens is 4. The number of imidazole rings is 1. The van der Waals surface area contributed by atoms with Crippen molar-refractivity contribution in [3.8, 4) is 5.75 Å². The van der Waals surface area contributed by atoms with Crippen LogP contribution < -0.4 is 10.6 Å². The van der Waals surface area contributed by atoms with Crippen molar-refractivity contribution in [2.75, 3.05) is 17.2 Å². The Bertz CT molecular complexity index is 1060. The number of fused-ring (bicyclic) bond motifs is 1. The van der Waals surface area contributed by atoms with Gasteiger partial charge in [0.1, 0.15) is 5.75 Å². The summed E-state index contributed by atoms with van der Waals surface area (Å²) < 4.78 is 2.15. The Balaban J connectivity index is 1.68. The van der Waals surface area contributed by atoms with Gasteiger partial charge in [-0.25, -0.2) is 4.98 Å². The summed E-state index contributed by atoms with van der Waals surface area (Å²) in [5, 5.41) is 27.2. The predicted molar refractivity (Wildman–Crippen MR) is 123 cm³/mol. The van der Waals surface area contributed by atoms with E-state index in [1.807, 2.05) is 6.33 Å². The standard InChI is InChI=1S/C22H29ClN6O2/c1-22(2,31)12-25-21-27-19(24-11-14-10-15(23)8-9-17(14)30)18-20(28-21)29(13-26-18)16-6-4-3-5-7-16/h8-10,13,16,30-31H,3-7,11-12H2,1-2H3,(H2,24,25,27,28). The minimum atomic E-state index is -0.901. The van der Waals surface area contributed by atoms with Crippen LogP contribution in [0.3, 0.4) is 0 Å². The second kappa shape index (κ2) is 8.88. The topological polar surface area (TPSA) is 108 Å². The molecule has 0 spiro atoms. The smallest absolute Gasteiger partial charge is 0.226 e. The highest BCUT2D eigenvalue weighted by atomic mass is 35.5. The fourth-order valence-corrected chi connectivity index (χ4v) is 4.11. The van der Waals surface area contributed by atoms with E-state index in [0.29, 0.717) is 47.0 Å². The number of hydrogen-bond donors (Lipinski definition) is 4. The summed E-state index contributed by atoms with van der Waals surface area (Å²) in [4.78, 5) is 13.9. The molecule has 2 heterocycles. The number of rotatable bonds is 7. The number of nitrogens with one attached hydrogen (secondary N) is 2. The molecule has 1 aromatic carbocycles. The molecule has 0 bridgehead atoms. The van der Waals surface area contributed by atoms with E-state index in [4.69, 9.17) is 16.6 Å². The van der Waals surface area contributed by atoms with Crippen molar-refractivity contribution >= 4 is 34.5 Å². The highest BCUT2D eigenvalue weighted by Gasteiger charge is 2.21. The first-order chi connectivity index (χ1) is 14.8. The maximum Gasteiger partial charge on any atom is 0.226 e. The lowest BCUT2D eigenvalue weighted by Crippen LogP contribution is -2.30. The Labute approximate surface area is 186 Å². The number of benzene rings is 1. The van der Waals surface area contributed by atoms with Crippen molar-refractivity contribution < 1.29 is 10.2 Å². The summed E-state index contributed by atoms with van der Waals surface area (Å²) >= 11 is 6.08. The van der Waals surface area contributed by atoms with Gasteiger partial charge >= 0.3 is 0 Å². The molecule has 1 fully saturated rings. The molecular formula is C22H29ClN6O2. The van der Waals surface area contributed by atoms with Crippen LogP contribution in [0.2, 0.25) is 5.02 Å². The van der Waals surface area contributed by atoms with Crippen molar-refractivity contribution in [3.63, 3.8) is 0 Å². The maximum absolute atomic E-state index is 10.1. The molecule has 1 saturated carbocycles. The van der Waals surface area contributed by atoms with Gasteiger partial charge in [-0.05, 0) is 44.9 Å². The van der Waals surface area contributed by atoms with Crippen LogP contribution in [0.5, 0.6) is 5.75 Å². The van der Waals surface area contributed by atoms with Gasteiger partial charge in [0.15, 0.2) is 17.0 Å². The summed E-state index contributed by atoms with van der Waals surface area (Å²) in [7, 11) is 0. The van der Waals surface area contributed by atoms with E-state index >= 15 is 0 Å². The maximum atomic E-state index is 10.1. The first-order valence-corrected chi connectivity index (χ1v) is 11.1. The molecule has 8 nitrogen and oxygen atoms in total. The fourth-order valence-electron chi connectivity index (χ4n) is 3.92. The molecule has 0 amide bonds. The molecule has 166 valence electrons. The van der Waals surface area contributed by atoms with E-state index in [1.165, 1.54) is 19.3 Å². The van der Waals surface area contributed by atoms with E-state index < -0.39 is 5.60 Å². The quantitative estimate of drug-likeness (QED) is 0.425. The fraction of sp³-hybridized carbons (Fsp3) is 0.500. The zero-order valence-electron chi connectivity index (χ0n) is 17.9. The number of nitrogens with zero attached hydrogens (tertiary/aromatic N) is 4. The number of aliphatic hydroxyl groups is 1. The second-order valence-electron chi connectivity index (χ2n) is 8.80. The van der Waals surface area contributed by atoms with Gasteiger partial charge in [0, 0.05) is 29.7 Å². The minimum Gasteiger partial charge on any atom is -0.508 e. The van der Waals surface area contributed by atoms with Crippen molar-refractivity contribution in [1.29, 1.82) is 0 Å². The molecule has 3 aromatic rings. The molecule has 2 aromatic heterocycles. The van der Waals surface area contributed by atoms with E-state index in [9.17, 15) is 10.2 Å². The first kappa shape index (κ1) is 21.6. The van der Waals surface area contributed by atoms with Gasteiger partial charge in [-0.15, -0.1) is 0 Å². The molecule has 1 aliphatic carbocycles. The summed E-state index contributed by atoms with van der Waals surface area (Å²) in [5.41, 5.74) is 1.21. The average Bonchev–Trinajstić information content (AvgIpc) is 3.17. The lowest BCUT2D eigenvalue weighted by atomic mass is 9.95. The number of phenols is 1. The van der Waals surface area contributed by atoms with Gasteiger partial charge in [-0.2, -0.15) is 9.97 Å². The third-order valence-corrected chi connectivity index (χ3v) is 5.79. The van der Waals surface area contributed by atoms with Gasteiger partial charge in [0.05, 0.1) is 11.9 Å². The van der Waals surface area contributed by atoms with Gasteiger partial charge < -0.3 is 25.4 Å². The number of anilines is 2. The van der Waals surface area contributed by atoms with Crippen LogP contribution in [0.15, 0.2) is 24.5 Å². The van der Waals surface area contributed by atoms with Crippen LogP contribution >= 0.6 is 11.6 Å². The van der Waals surface area contributed by atoms with Gasteiger partial charge in [-0.3, -0.25) is 0 Å². The monoisotopic (exact) mass is 444 g/mol.